The van der Waals surface area contributed by atoms with Crippen LogP contribution in [0, 0.1) is 0 Å². The molecule has 0 bridgehead atoms. The van der Waals surface area contributed by atoms with Crippen molar-refractivity contribution in [1.82, 2.24) is 14.4 Å². The highest BCUT2D eigenvalue weighted by atomic mass is 19.3. The lowest BCUT2D eigenvalue weighted by molar-refractivity contribution is 0.0905. The number of halogens is 2. The molecule has 1 fully saturated rings. The van der Waals surface area contributed by atoms with Crippen LogP contribution in [0.1, 0.15) is 6.42 Å². The number of urea groups is 1. The van der Waals surface area contributed by atoms with Gasteiger partial charge in [-0.25, -0.2) is 13.6 Å². The number of aromatic nitrogens is 1. The molecule has 1 N–H and O–H groups in total. The monoisotopic (exact) mass is 336 g/mol. The summed E-state index contributed by atoms with van der Waals surface area (Å²) in [5.74, 6) is 0. The van der Waals surface area contributed by atoms with Crippen molar-refractivity contribution in [2.75, 3.05) is 38.0 Å². The van der Waals surface area contributed by atoms with Gasteiger partial charge in [-0.15, -0.1) is 0 Å². The number of hydrogen-bond acceptors (Lipinski definition) is 2. The fraction of sp³-hybridized carbons (Fsp3) is 0.471. The van der Waals surface area contributed by atoms with E-state index >= 15 is 0 Å². The molecule has 130 valence electrons. The molecule has 0 aliphatic carbocycles. The molecule has 1 aliphatic heterocycles. The molecule has 24 heavy (non-hydrogen) atoms. The first-order valence-corrected chi connectivity index (χ1v) is 8.14. The largest absolute Gasteiger partial charge is 0.350 e. The summed E-state index contributed by atoms with van der Waals surface area (Å²) in [5.41, 5.74) is 1.79. The number of carbonyl (C=O) groups excluding carboxylic acids is 1. The van der Waals surface area contributed by atoms with Gasteiger partial charge in [0.25, 0.3) is 6.43 Å². The van der Waals surface area contributed by atoms with E-state index in [1.54, 1.807) is 9.80 Å². The van der Waals surface area contributed by atoms with Crippen LogP contribution >= 0.6 is 0 Å². The third-order valence-electron chi connectivity index (χ3n) is 4.41. The first-order chi connectivity index (χ1) is 11.5. The molecule has 2 heterocycles. The van der Waals surface area contributed by atoms with Crippen LogP contribution in [0.5, 0.6) is 0 Å². The van der Waals surface area contributed by atoms with Crippen molar-refractivity contribution in [3.8, 4) is 0 Å². The van der Waals surface area contributed by atoms with Crippen LogP contribution in [0.4, 0.5) is 19.3 Å². The number of nitrogens with one attached hydrogen (secondary N) is 1. The number of carbonyl (C=O) groups is 1. The number of nitrogens with zero attached hydrogens (tertiary/aromatic N) is 3. The van der Waals surface area contributed by atoms with Crippen molar-refractivity contribution in [3.05, 3.63) is 30.5 Å². The number of fused-ring (bicyclic) bond motifs is 1. The van der Waals surface area contributed by atoms with Crippen molar-refractivity contribution in [1.29, 1.82) is 0 Å². The molecule has 0 radical (unpaired) electrons. The van der Waals surface area contributed by atoms with Gasteiger partial charge in [-0.3, -0.25) is 4.90 Å². The molecule has 0 atom stereocenters. The Labute approximate surface area is 139 Å². The van der Waals surface area contributed by atoms with E-state index in [0.717, 1.165) is 16.6 Å². The quantitative estimate of drug-likeness (QED) is 0.936. The van der Waals surface area contributed by atoms with E-state index in [0.29, 0.717) is 32.6 Å². The number of aryl methyl sites for hydroxylation is 1. The average molecular weight is 336 g/mol. The van der Waals surface area contributed by atoms with Crippen LogP contribution in [0.3, 0.4) is 0 Å². The first-order valence-electron chi connectivity index (χ1n) is 8.14. The van der Waals surface area contributed by atoms with Crippen LogP contribution < -0.4 is 5.32 Å². The van der Waals surface area contributed by atoms with Crippen molar-refractivity contribution in [2.45, 2.75) is 12.8 Å². The maximum Gasteiger partial charge on any atom is 0.321 e. The first kappa shape index (κ1) is 16.7. The van der Waals surface area contributed by atoms with Crippen LogP contribution in [0.15, 0.2) is 30.5 Å². The fourth-order valence-corrected chi connectivity index (χ4v) is 3.09. The molecule has 2 amide bonds. The summed E-state index contributed by atoms with van der Waals surface area (Å²) >= 11 is 0. The smallest absolute Gasteiger partial charge is 0.321 e. The van der Waals surface area contributed by atoms with E-state index < -0.39 is 6.43 Å². The Morgan fingerprint density at radius 1 is 1.21 bits per heavy atom. The lowest BCUT2D eigenvalue weighted by Crippen LogP contribution is -2.38. The van der Waals surface area contributed by atoms with Gasteiger partial charge in [0.05, 0.1) is 6.54 Å². The number of hydrogen-bond donors (Lipinski definition) is 1. The molecule has 1 aromatic carbocycles. The molecule has 0 unspecified atom stereocenters. The fourth-order valence-electron chi connectivity index (χ4n) is 3.09. The van der Waals surface area contributed by atoms with E-state index in [9.17, 15) is 13.6 Å². The van der Waals surface area contributed by atoms with Crippen molar-refractivity contribution in [2.24, 2.45) is 7.05 Å². The third kappa shape index (κ3) is 3.84. The topological polar surface area (TPSA) is 40.5 Å². The van der Waals surface area contributed by atoms with Gasteiger partial charge in [-0.2, -0.15) is 0 Å². The third-order valence-corrected chi connectivity index (χ3v) is 4.41. The van der Waals surface area contributed by atoms with Gasteiger partial charge in [0, 0.05) is 50.6 Å². The summed E-state index contributed by atoms with van der Waals surface area (Å²) in [6.45, 7) is 1.90. The molecule has 2 aromatic rings. The van der Waals surface area contributed by atoms with E-state index in [4.69, 9.17) is 0 Å². The molecule has 3 rings (SSSR count). The van der Waals surface area contributed by atoms with Crippen LogP contribution in [-0.2, 0) is 7.05 Å². The highest BCUT2D eigenvalue weighted by Gasteiger charge is 2.21. The zero-order valence-electron chi connectivity index (χ0n) is 13.7. The Morgan fingerprint density at radius 3 is 2.83 bits per heavy atom. The Balaban J connectivity index is 1.62. The highest BCUT2D eigenvalue weighted by Crippen LogP contribution is 2.20. The van der Waals surface area contributed by atoms with Gasteiger partial charge >= 0.3 is 6.03 Å². The number of benzene rings is 1. The summed E-state index contributed by atoms with van der Waals surface area (Å²) in [4.78, 5) is 15.9. The Kier molecular flexibility index (Phi) is 4.99. The van der Waals surface area contributed by atoms with Crippen LogP contribution in [-0.4, -0.2) is 59.5 Å². The minimum absolute atomic E-state index is 0.178. The molecular weight excluding hydrogens is 314 g/mol. The maximum absolute atomic E-state index is 12.5. The van der Waals surface area contributed by atoms with Crippen LogP contribution in [0.2, 0.25) is 0 Å². The van der Waals surface area contributed by atoms with Gasteiger partial charge < -0.3 is 14.8 Å². The standard InChI is InChI=1S/C17H22F2N4O/c1-21-8-5-13-3-4-14(11-15(13)21)20-17(24)23-7-2-6-22(9-10-23)12-16(18)19/h3-5,8,11,16H,2,6-7,9-10,12H2,1H3,(H,20,24). The Bertz CT molecular complexity index is 716. The second kappa shape index (κ2) is 7.17. The molecule has 0 saturated carbocycles. The summed E-state index contributed by atoms with van der Waals surface area (Å²) in [6.07, 6.45) is 0.349. The number of anilines is 1. The predicted octanol–water partition coefficient (Wildman–Crippen LogP) is 2.98. The molecule has 0 spiro atoms. The van der Waals surface area contributed by atoms with Gasteiger partial charge in [-0.05, 0) is 30.0 Å². The van der Waals surface area contributed by atoms with Crippen LogP contribution in [0.25, 0.3) is 10.9 Å². The lowest BCUT2D eigenvalue weighted by Gasteiger charge is -2.22. The maximum atomic E-state index is 12.5. The summed E-state index contributed by atoms with van der Waals surface area (Å²) in [6, 6.07) is 7.63. The SMILES string of the molecule is Cn1ccc2ccc(NC(=O)N3CCCN(CC(F)F)CC3)cc21. The predicted molar refractivity (Wildman–Crippen MR) is 90.6 cm³/mol. The van der Waals surface area contributed by atoms with Crippen molar-refractivity contribution < 1.29 is 13.6 Å². The number of rotatable bonds is 3. The lowest BCUT2D eigenvalue weighted by atomic mass is 10.2. The second-order valence-corrected chi connectivity index (χ2v) is 6.16. The Hall–Kier alpha value is -2.15. The summed E-state index contributed by atoms with van der Waals surface area (Å²) in [7, 11) is 1.96. The van der Waals surface area contributed by atoms with Crippen molar-refractivity contribution in [3.63, 3.8) is 0 Å². The molecular formula is C17H22F2N4O. The Morgan fingerprint density at radius 2 is 2.04 bits per heavy atom. The van der Waals surface area contributed by atoms with E-state index in [2.05, 4.69) is 5.32 Å². The molecule has 1 aliphatic rings. The summed E-state index contributed by atoms with van der Waals surface area (Å²) < 4.78 is 27.0. The van der Waals surface area contributed by atoms with Gasteiger partial charge in [0.2, 0.25) is 0 Å². The molecule has 5 nitrogen and oxygen atoms in total. The number of amides is 2. The summed E-state index contributed by atoms with van der Waals surface area (Å²) in [5, 5.41) is 4.03. The normalized spacial score (nSPS) is 16.6. The van der Waals surface area contributed by atoms with Gasteiger partial charge in [0.1, 0.15) is 0 Å². The minimum Gasteiger partial charge on any atom is -0.350 e. The van der Waals surface area contributed by atoms with E-state index in [1.807, 2.05) is 42.1 Å². The van der Waals surface area contributed by atoms with E-state index in [-0.39, 0.29) is 12.6 Å². The zero-order chi connectivity index (χ0) is 17.1. The van der Waals surface area contributed by atoms with Gasteiger partial charge in [-0.1, -0.05) is 6.07 Å². The van der Waals surface area contributed by atoms with Crippen molar-refractivity contribution >= 4 is 22.6 Å². The van der Waals surface area contributed by atoms with Gasteiger partial charge in [0.15, 0.2) is 0 Å². The highest BCUT2D eigenvalue weighted by molar-refractivity contribution is 5.92. The molecule has 7 heteroatoms. The minimum atomic E-state index is -2.33. The number of alkyl halides is 2. The zero-order valence-corrected chi connectivity index (χ0v) is 13.7. The average Bonchev–Trinajstić information content (AvgIpc) is 2.76. The molecule has 1 saturated heterocycles. The second-order valence-electron chi connectivity index (χ2n) is 6.16. The van der Waals surface area contributed by atoms with E-state index in [1.165, 1.54) is 0 Å². The molecule has 1 aromatic heterocycles.